The van der Waals surface area contributed by atoms with E-state index in [1.54, 1.807) is 6.21 Å². The number of fused-ring (bicyclic) bond motifs is 5. The van der Waals surface area contributed by atoms with Crippen LogP contribution in [0.5, 0.6) is 0 Å². The van der Waals surface area contributed by atoms with Crippen LogP contribution in [0.15, 0.2) is 41.5 Å². The van der Waals surface area contributed by atoms with Gasteiger partial charge in [0.1, 0.15) is 0 Å². The van der Waals surface area contributed by atoms with Crippen LogP contribution in [0.25, 0.3) is 5.69 Å². The number of carbonyl (C=O) groups is 2. The van der Waals surface area contributed by atoms with Gasteiger partial charge in [-0.3, -0.25) is 9.59 Å². The molecule has 29 heavy (non-hydrogen) atoms. The highest BCUT2D eigenvalue weighted by Crippen LogP contribution is 2.52. The molecule has 2 aliphatic carbocycles. The summed E-state index contributed by atoms with van der Waals surface area (Å²) in [6.07, 6.45) is 6.73. The molecule has 0 spiro atoms. The van der Waals surface area contributed by atoms with Crippen molar-refractivity contribution in [2.75, 3.05) is 0 Å². The molecule has 1 saturated heterocycles. The zero-order valence-corrected chi connectivity index (χ0v) is 17.3. The van der Waals surface area contributed by atoms with Crippen LogP contribution in [-0.4, -0.2) is 27.6 Å². The van der Waals surface area contributed by atoms with Crippen molar-refractivity contribution < 1.29 is 9.59 Å². The SMILES string of the molecule is Cc1c(Cl)cccc1-n1c(C)cc(C=NN2C(=O)[C@@H]3[C@H](C2=O)[C@H]2C=C[C@H]3C2)c1C. The minimum Gasteiger partial charge on any atom is -0.318 e. The average molecular weight is 408 g/mol. The normalized spacial score (nSPS) is 27.7. The van der Waals surface area contributed by atoms with E-state index < -0.39 is 0 Å². The minimum absolute atomic E-state index is 0.160. The van der Waals surface area contributed by atoms with E-state index in [4.69, 9.17) is 11.6 Å². The van der Waals surface area contributed by atoms with Crippen molar-refractivity contribution in [1.29, 1.82) is 0 Å². The van der Waals surface area contributed by atoms with Crippen LogP contribution in [0.4, 0.5) is 0 Å². The summed E-state index contributed by atoms with van der Waals surface area (Å²) >= 11 is 6.30. The van der Waals surface area contributed by atoms with Gasteiger partial charge in [-0.15, -0.1) is 0 Å². The second-order valence-corrected chi connectivity index (χ2v) is 8.69. The minimum atomic E-state index is -0.226. The van der Waals surface area contributed by atoms with Crippen LogP contribution >= 0.6 is 11.6 Å². The molecule has 2 aromatic rings. The molecule has 6 heteroatoms. The lowest BCUT2D eigenvalue weighted by Crippen LogP contribution is -2.28. The van der Waals surface area contributed by atoms with Crippen LogP contribution in [0, 0.1) is 44.4 Å². The number of aromatic nitrogens is 1. The zero-order chi connectivity index (χ0) is 20.4. The van der Waals surface area contributed by atoms with E-state index in [1.807, 2.05) is 45.0 Å². The second-order valence-electron chi connectivity index (χ2n) is 8.28. The number of halogens is 1. The van der Waals surface area contributed by atoms with E-state index in [1.165, 1.54) is 0 Å². The number of hydrogen-bond acceptors (Lipinski definition) is 3. The van der Waals surface area contributed by atoms with E-state index >= 15 is 0 Å². The van der Waals surface area contributed by atoms with Crippen LogP contribution in [-0.2, 0) is 9.59 Å². The van der Waals surface area contributed by atoms with E-state index in [9.17, 15) is 9.59 Å². The topological polar surface area (TPSA) is 54.7 Å². The molecule has 1 aromatic carbocycles. The highest BCUT2D eigenvalue weighted by Gasteiger charge is 2.59. The van der Waals surface area contributed by atoms with Crippen molar-refractivity contribution in [3.63, 3.8) is 0 Å². The molecule has 2 amide bonds. The molecule has 2 heterocycles. The van der Waals surface area contributed by atoms with Crippen molar-refractivity contribution in [2.45, 2.75) is 27.2 Å². The average Bonchev–Trinajstić information content (AvgIpc) is 3.42. The summed E-state index contributed by atoms with van der Waals surface area (Å²) in [5.74, 6) is -0.386. The van der Waals surface area contributed by atoms with Crippen molar-refractivity contribution in [1.82, 2.24) is 9.58 Å². The third-order valence-corrected chi connectivity index (χ3v) is 7.12. The molecular formula is C23H22ClN3O2. The Labute approximate surface area is 174 Å². The Balaban J connectivity index is 1.46. The Morgan fingerprint density at radius 2 is 1.72 bits per heavy atom. The number of nitrogens with zero attached hydrogens (tertiary/aromatic N) is 3. The van der Waals surface area contributed by atoms with E-state index in [2.05, 4.69) is 21.8 Å². The number of allylic oxidation sites excluding steroid dienone is 2. The van der Waals surface area contributed by atoms with Gasteiger partial charge < -0.3 is 4.57 Å². The molecular weight excluding hydrogens is 386 g/mol. The van der Waals surface area contributed by atoms with Gasteiger partial charge in [0.15, 0.2) is 0 Å². The second kappa shape index (κ2) is 6.42. The molecule has 1 aromatic heterocycles. The lowest BCUT2D eigenvalue weighted by Gasteiger charge is -2.14. The third kappa shape index (κ3) is 2.57. The fourth-order valence-electron chi connectivity index (χ4n) is 5.25. The monoisotopic (exact) mass is 407 g/mol. The summed E-state index contributed by atoms with van der Waals surface area (Å²) in [5, 5.41) is 6.14. The van der Waals surface area contributed by atoms with Gasteiger partial charge in [0.25, 0.3) is 11.8 Å². The van der Waals surface area contributed by atoms with Gasteiger partial charge >= 0.3 is 0 Å². The molecule has 148 valence electrons. The van der Waals surface area contributed by atoms with E-state index in [0.717, 1.165) is 39.6 Å². The first kappa shape index (κ1) is 18.4. The fraction of sp³-hybridized carbons (Fsp3) is 0.348. The van der Waals surface area contributed by atoms with Gasteiger partial charge in [-0.05, 0) is 62.8 Å². The number of hydrazone groups is 1. The standard InChI is InChI=1S/C23H22ClN3O2/c1-12-9-17(14(3)26(12)19-6-4-5-18(24)13(19)2)11-25-27-22(28)20-15-7-8-16(10-15)21(20)23(27)29/h4-9,11,15-16,20-21H,10H2,1-3H3/t15-,16-,20-,21+/m0/s1. The Kier molecular flexibility index (Phi) is 4.07. The molecule has 3 aliphatic rings. The van der Waals surface area contributed by atoms with Gasteiger partial charge in [-0.1, -0.05) is 29.8 Å². The molecule has 0 N–H and O–H groups in total. The summed E-state index contributed by atoms with van der Waals surface area (Å²) in [7, 11) is 0. The first-order valence-electron chi connectivity index (χ1n) is 9.93. The number of amides is 2. The lowest BCUT2D eigenvalue weighted by atomic mass is 9.85. The Morgan fingerprint density at radius 1 is 1.07 bits per heavy atom. The first-order valence-corrected chi connectivity index (χ1v) is 10.3. The van der Waals surface area contributed by atoms with Crippen LogP contribution < -0.4 is 0 Å². The molecule has 2 bridgehead atoms. The van der Waals surface area contributed by atoms with Gasteiger partial charge in [0.2, 0.25) is 0 Å². The molecule has 5 rings (SSSR count). The highest BCUT2D eigenvalue weighted by molar-refractivity contribution is 6.31. The summed E-state index contributed by atoms with van der Waals surface area (Å²) < 4.78 is 2.12. The largest absolute Gasteiger partial charge is 0.318 e. The summed E-state index contributed by atoms with van der Waals surface area (Å²) in [4.78, 5) is 25.6. The maximum absolute atomic E-state index is 12.8. The van der Waals surface area contributed by atoms with Crippen molar-refractivity contribution in [2.24, 2.45) is 28.8 Å². The van der Waals surface area contributed by atoms with E-state index in [0.29, 0.717) is 5.02 Å². The number of carbonyl (C=O) groups excluding carboxylic acids is 2. The van der Waals surface area contributed by atoms with Crippen molar-refractivity contribution in [3.05, 3.63) is 64.0 Å². The molecule has 0 radical (unpaired) electrons. The number of rotatable bonds is 3. The number of imide groups is 1. The predicted molar refractivity (Wildman–Crippen MR) is 112 cm³/mol. The summed E-state index contributed by atoms with van der Waals surface area (Å²) in [6.45, 7) is 6.01. The van der Waals surface area contributed by atoms with Gasteiger partial charge in [-0.25, -0.2) is 0 Å². The van der Waals surface area contributed by atoms with Crippen LogP contribution in [0.2, 0.25) is 5.02 Å². The number of aryl methyl sites for hydroxylation is 1. The van der Waals surface area contributed by atoms with Crippen molar-refractivity contribution >= 4 is 29.6 Å². The van der Waals surface area contributed by atoms with Crippen LogP contribution in [0.1, 0.15) is 28.9 Å². The fourth-order valence-corrected chi connectivity index (χ4v) is 5.42. The first-order chi connectivity index (χ1) is 13.9. The molecule has 4 atom stereocenters. The zero-order valence-electron chi connectivity index (χ0n) is 16.6. The Morgan fingerprint density at radius 3 is 2.38 bits per heavy atom. The molecule has 2 fully saturated rings. The van der Waals surface area contributed by atoms with Gasteiger partial charge in [0, 0.05) is 27.7 Å². The lowest BCUT2D eigenvalue weighted by molar-refractivity contribution is -0.140. The smallest absolute Gasteiger partial charge is 0.254 e. The maximum atomic E-state index is 12.8. The molecule has 1 saturated carbocycles. The third-order valence-electron chi connectivity index (χ3n) is 6.71. The maximum Gasteiger partial charge on any atom is 0.254 e. The number of hydrogen-bond donors (Lipinski definition) is 0. The molecule has 5 nitrogen and oxygen atoms in total. The Hall–Kier alpha value is -2.66. The van der Waals surface area contributed by atoms with Gasteiger partial charge in [-0.2, -0.15) is 10.1 Å². The number of benzene rings is 1. The summed E-state index contributed by atoms with van der Waals surface area (Å²) in [6, 6.07) is 7.84. The van der Waals surface area contributed by atoms with Gasteiger partial charge in [0.05, 0.1) is 18.1 Å². The predicted octanol–water partition coefficient (Wildman–Crippen LogP) is 4.20. The molecule has 1 aliphatic heterocycles. The molecule has 0 unspecified atom stereocenters. The van der Waals surface area contributed by atoms with Crippen LogP contribution in [0.3, 0.4) is 0 Å². The van der Waals surface area contributed by atoms with Crippen molar-refractivity contribution in [3.8, 4) is 5.69 Å². The summed E-state index contributed by atoms with van der Waals surface area (Å²) in [5.41, 5.74) is 4.91. The van der Waals surface area contributed by atoms with E-state index in [-0.39, 0.29) is 35.5 Å². The quantitative estimate of drug-likeness (QED) is 0.435. The Bertz CT molecular complexity index is 1080. The highest BCUT2D eigenvalue weighted by atomic mass is 35.5.